The van der Waals surface area contributed by atoms with Gasteiger partial charge in [0.1, 0.15) is 0 Å². The quantitative estimate of drug-likeness (QED) is 0.288. The van der Waals surface area contributed by atoms with Crippen LogP contribution in [-0.2, 0) is 4.79 Å². The number of thioether (sulfide) groups is 1. The highest BCUT2D eigenvalue weighted by molar-refractivity contribution is 7.99. The number of hydrogen-bond acceptors (Lipinski definition) is 3. The van der Waals surface area contributed by atoms with Gasteiger partial charge >= 0.3 is 0 Å². The van der Waals surface area contributed by atoms with Gasteiger partial charge in [0.2, 0.25) is 5.91 Å². The van der Waals surface area contributed by atoms with E-state index in [4.69, 9.17) is 0 Å². The zero-order valence-electron chi connectivity index (χ0n) is 15.1. The highest BCUT2D eigenvalue weighted by Crippen LogP contribution is 2.17. The molecule has 1 aromatic carbocycles. The number of aliphatic imine (C=N–C) groups is 1. The van der Waals surface area contributed by atoms with E-state index in [1.807, 2.05) is 17.8 Å². The second kappa shape index (κ2) is 11.8. The van der Waals surface area contributed by atoms with Crippen LogP contribution in [-0.4, -0.2) is 43.8 Å². The van der Waals surface area contributed by atoms with Gasteiger partial charge in [-0.3, -0.25) is 9.79 Å². The maximum atomic E-state index is 12.0. The van der Waals surface area contributed by atoms with Crippen LogP contribution >= 0.6 is 11.8 Å². The number of carbonyl (C=O) groups excluding carboxylic acids is 1. The number of guanidine groups is 1. The van der Waals surface area contributed by atoms with Gasteiger partial charge in [-0.2, -0.15) is 0 Å². The molecule has 0 radical (unpaired) electrons. The van der Waals surface area contributed by atoms with Gasteiger partial charge in [-0.1, -0.05) is 37.5 Å². The molecule has 0 bridgehead atoms. The molecule has 0 spiro atoms. The van der Waals surface area contributed by atoms with Crippen molar-refractivity contribution in [2.24, 2.45) is 4.99 Å². The Morgan fingerprint density at radius 3 is 2.56 bits per heavy atom. The van der Waals surface area contributed by atoms with Gasteiger partial charge in [0, 0.05) is 43.2 Å². The molecule has 5 nitrogen and oxygen atoms in total. The third-order valence-electron chi connectivity index (χ3n) is 4.24. The van der Waals surface area contributed by atoms with Crippen molar-refractivity contribution in [1.29, 1.82) is 0 Å². The summed E-state index contributed by atoms with van der Waals surface area (Å²) in [6.07, 6.45) is 6.51. The van der Waals surface area contributed by atoms with Crippen LogP contribution in [0, 0.1) is 0 Å². The van der Waals surface area contributed by atoms with Gasteiger partial charge in [-0.05, 0) is 25.0 Å². The fraction of sp³-hybridized carbons (Fsp3) is 0.579. The summed E-state index contributed by atoms with van der Waals surface area (Å²) in [6.45, 7) is 1.43. The first-order valence-corrected chi connectivity index (χ1v) is 10.2. The number of nitrogens with zero attached hydrogens (tertiary/aromatic N) is 1. The summed E-state index contributed by atoms with van der Waals surface area (Å²) in [7, 11) is 1.75. The van der Waals surface area contributed by atoms with Crippen molar-refractivity contribution in [2.45, 2.75) is 49.5 Å². The second-order valence-corrected chi connectivity index (χ2v) is 7.41. The molecule has 3 N–H and O–H groups in total. The predicted molar refractivity (Wildman–Crippen MR) is 106 cm³/mol. The van der Waals surface area contributed by atoms with E-state index in [9.17, 15) is 4.79 Å². The SMILES string of the molecule is CN=C(NCCSc1ccccc1)NCCC(=O)NC1CCCCC1. The number of rotatable bonds is 8. The summed E-state index contributed by atoms with van der Waals surface area (Å²) in [5.74, 6) is 1.85. The van der Waals surface area contributed by atoms with Crippen molar-refractivity contribution < 1.29 is 4.79 Å². The van der Waals surface area contributed by atoms with E-state index >= 15 is 0 Å². The average Bonchev–Trinajstić information content (AvgIpc) is 2.65. The second-order valence-electron chi connectivity index (χ2n) is 6.24. The minimum atomic E-state index is 0.134. The fourth-order valence-electron chi connectivity index (χ4n) is 2.92. The summed E-state index contributed by atoms with van der Waals surface area (Å²) in [5.41, 5.74) is 0. The molecule has 138 valence electrons. The van der Waals surface area contributed by atoms with Crippen molar-refractivity contribution in [3.05, 3.63) is 30.3 Å². The maximum Gasteiger partial charge on any atom is 0.221 e. The van der Waals surface area contributed by atoms with Crippen molar-refractivity contribution in [3.8, 4) is 0 Å². The summed E-state index contributed by atoms with van der Waals surface area (Å²) < 4.78 is 0. The lowest BCUT2D eigenvalue weighted by molar-refractivity contribution is -0.121. The summed E-state index contributed by atoms with van der Waals surface area (Å²) in [4.78, 5) is 17.5. The van der Waals surface area contributed by atoms with Crippen LogP contribution in [0.5, 0.6) is 0 Å². The first-order chi connectivity index (χ1) is 12.3. The fourth-order valence-corrected chi connectivity index (χ4v) is 3.71. The van der Waals surface area contributed by atoms with E-state index in [0.717, 1.165) is 31.1 Å². The Bertz CT molecular complexity index is 529. The monoisotopic (exact) mass is 362 g/mol. The van der Waals surface area contributed by atoms with Crippen LogP contribution in [0.15, 0.2) is 40.2 Å². The number of nitrogens with one attached hydrogen (secondary N) is 3. The van der Waals surface area contributed by atoms with Crippen molar-refractivity contribution >= 4 is 23.6 Å². The predicted octanol–water partition coefficient (Wildman–Crippen LogP) is 2.78. The molecule has 0 aromatic heterocycles. The molecule has 0 unspecified atom stereocenters. The molecule has 0 atom stereocenters. The number of amides is 1. The highest BCUT2D eigenvalue weighted by atomic mass is 32.2. The molecule has 6 heteroatoms. The van der Waals surface area contributed by atoms with Crippen LogP contribution in [0.3, 0.4) is 0 Å². The Hall–Kier alpha value is -1.69. The topological polar surface area (TPSA) is 65.5 Å². The zero-order valence-corrected chi connectivity index (χ0v) is 15.9. The Morgan fingerprint density at radius 2 is 1.84 bits per heavy atom. The molecule has 0 saturated heterocycles. The molecule has 1 aliphatic carbocycles. The minimum absolute atomic E-state index is 0.134. The van der Waals surface area contributed by atoms with Crippen molar-refractivity contribution in [1.82, 2.24) is 16.0 Å². The van der Waals surface area contributed by atoms with Gasteiger partial charge in [0.05, 0.1) is 0 Å². The average molecular weight is 363 g/mol. The zero-order chi connectivity index (χ0) is 17.7. The smallest absolute Gasteiger partial charge is 0.221 e. The molecule has 1 saturated carbocycles. The molecule has 1 fully saturated rings. The van der Waals surface area contributed by atoms with Crippen LogP contribution < -0.4 is 16.0 Å². The van der Waals surface area contributed by atoms with E-state index < -0.39 is 0 Å². The van der Waals surface area contributed by atoms with E-state index in [-0.39, 0.29) is 5.91 Å². The summed E-state index contributed by atoms with van der Waals surface area (Å²) in [5, 5.41) is 9.62. The number of benzene rings is 1. The maximum absolute atomic E-state index is 12.0. The normalized spacial score (nSPS) is 15.6. The molecule has 1 aromatic rings. The molecular weight excluding hydrogens is 332 g/mol. The molecule has 25 heavy (non-hydrogen) atoms. The summed E-state index contributed by atoms with van der Waals surface area (Å²) >= 11 is 1.81. The van der Waals surface area contributed by atoms with Gasteiger partial charge < -0.3 is 16.0 Å². The van der Waals surface area contributed by atoms with Gasteiger partial charge in [0.15, 0.2) is 5.96 Å². The third kappa shape index (κ3) is 8.29. The van der Waals surface area contributed by atoms with Crippen molar-refractivity contribution in [2.75, 3.05) is 25.9 Å². The number of hydrogen-bond donors (Lipinski definition) is 3. The first kappa shape index (κ1) is 19.6. The van der Waals surface area contributed by atoms with E-state index in [0.29, 0.717) is 19.0 Å². The minimum Gasteiger partial charge on any atom is -0.356 e. The summed E-state index contributed by atoms with van der Waals surface area (Å²) in [6, 6.07) is 10.7. The standard InChI is InChI=1S/C19H30N4OS/c1-20-19(22-14-15-25-17-10-6-3-7-11-17)21-13-12-18(24)23-16-8-4-2-5-9-16/h3,6-7,10-11,16H,2,4-5,8-9,12-15H2,1H3,(H,23,24)(H2,20,21,22). The molecule has 1 aliphatic rings. The number of carbonyl (C=O) groups is 1. The van der Waals surface area contributed by atoms with E-state index in [1.54, 1.807) is 7.05 Å². The Morgan fingerprint density at radius 1 is 1.12 bits per heavy atom. The molecule has 1 amide bonds. The Labute approximate surface area is 155 Å². The highest BCUT2D eigenvalue weighted by Gasteiger charge is 2.15. The van der Waals surface area contributed by atoms with Gasteiger partial charge in [0.25, 0.3) is 0 Å². The van der Waals surface area contributed by atoms with E-state index in [1.165, 1.54) is 24.2 Å². The third-order valence-corrected chi connectivity index (χ3v) is 5.26. The lowest BCUT2D eigenvalue weighted by Gasteiger charge is -2.22. The van der Waals surface area contributed by atoms with Crippen molar-refractivity contribution in [3.63, 3.8) is 0 Å². The van der Waals surface area contributed by atoms with Crippen LogP contribution in [0.1, 0.15) is 38.5 Å². The lowest BCUT2D eigenvalue weighted by Crippen LogP contribution is -2.41. The largest absolute Gasteiger partial charge is 0.356 e. The molecule has 0 heterocycles. The Balaban J connectivity index is 1.54. The molecule has 2 rings (SSSR count). The van der Waals surface area contributed by atoms with Crippen LogP contribution in [0.25, 0.3) is 0 Å². The Kier molecular flexibility index (Phi) is 9.26. The van der Waals surface area contributed by atoms with Gasteiger partial charge in [-0.15, -0.1) is 11.8 Å². The van der Waals surface area contributed by atoms with Crippen LogP contribution in [0.4, 0.5) is 0 Å². The lowest BCUT2D eigenvalue weighted by atomic mass is 9.95. The van der Waals surface area contributed by atoms with Crippen LogP contribution in [0.2, 0.25) is 0 Å². The van der Waals surface area contributed by atoms with E-state index in [2.05, 4.69) is 45.2 Å². The first-order valence-electron chi connectivity index (χ1n) is 9.19. The molecular formula is C19H30N4OS. The van der Waals surface area contributed by atoms with Gasteiger partial charge in [-0.25, -0.2) is 0 Å². The molecule has 0 aliphatic heterocycles.